The lowest BCUT2D eigenvalue weighted by atomic mass is 9.44. The molecule has 2 heterocycles. The predicted molar refractivity (Wildman–Crippen MR) is 139 cm³/mol. The van der Waals surface area contributed by atoms with E-state index in [4.69, 9.17) is 4.98 Å². The quantitative estimate of drug-likeness (QED) is 0.537. The van der Waals surface area contributed by atoms with Crippen LogP contribution in [-0.2, 0) is 16.8 Å². The van der Waals surface area contributed by atoms with Crippen LogP contribution in [0.5, 0.6) is 0 Å². The van der Waals surface area contributed by atoms with Crippen LogP contribution in [0.4, 0.5) is 4.39 Å². The number of carbonyl (C=O) groups is 2. The van der Waals surface area contributed by atoms with Crippen LogP contribution >= 0.6 is 22.7 Å². The van der Waals surface area contributed by atoms with Crippen molar-refractivity contribution in [2.24, 2.45) is 28.6 Å². The molecule has 4 aliphatic carbocycles. The van der Waals surface area contributed by atoms with Gasteiger partial charge in [0, 0.05) is 28.3 Å². The van der Waals surface area contributed by atoms with E-state index in [9.17, 15) is 19.8 Å². The third kappa shape index (κ3) is 3.20. The Labute approximate surface area is 223 Å². The number of carbonyl (C=O) groups excluding carboxylic acids is 2. The number of nitrogens with zero attached hydrogens (tertiary/aromatic N) is 2. The van der Waals surface area contributed by atoms with E-state index < -0.39 is 34.1 Å². The van der Waals surface area contributed by atoms with Crippen LogP contribution in [0.3, 0.4) is 0 Å². The van der Waals surface area contributed by atoms with Crippen LogP contribution in [0.1, 0.15) is 66.8 Å². The molecule has 0 radical (unpaired) electrons. The average molecular weight is 543 g/mol. The van der Waals surface area contributed by atoms with Crippen LogP contribution in [0, 0.1) is 28.6 Å². The van der Waals surface area contributed by atoms with E-state index in [0.29, 0.717) is 34.8 Å². The summed E-state index contributed by atoms with van der Waals surface area (Å²) >= 11 is 2.64. The topological polar surface area (TPSA) is 100 Å². The first kappa shape index (κ1) is 25.2. The normalized spacial score (nSPS) is 42.6. The molecular weight excluding hydrogens is 511 g/mol. The summed E-state index contributed by atoms with van der Waals surface area (Å²) in [6.07, 6.45) is 6.79. The lowest BCUT2D eigenvalue weighted by Crippen LogP contribution is -2.68. The summed E-state index contributed by atoms with van der Waals surface area (Å²) < 4.78 is 17.3. The first-order chi connectivity index (χ1) is 17.4. The van der Waals surface area contributed by atoms with E-state index >= 15 is 4.39 Å². The SMILES string of the molecule is C[C@@H]1C[C@H]2[C@@H]3CCC4=CC(=O)C=C[C@]4(C)[C@@]3(F)[C@@H](O)C[C@]2(C)[C@@]1(O)c1csc(CC(=O)c2cncs2)n1. The molecule has 8 atom stereocenters. The zero-order valence-electron chi connectivity index (χ0n) is 21.1. The van der Waals surface area contributed by atoms with E-state index in [1.54, 1.807) is 24.7 Å². The molecule has 0 aliphatic heterocycles. The first-order valence-corrected chi connectivity index (χ1v) is 14.6. The minimum absolute atomic E-state index is 0.0624. The van der Waals surface area contributed by atoms with Crippen LogP contribution in [0.2, 0.25) is 0 Å². The molecule has 6 rings (SSSR count). The predicted octanol–water partition coefficient (Wildman–Crippen LogP) is 4.83. The largest absolute Gasteiger partial charge is 0.390 e. The minimum atomic E-state index is -1.93. The Kier molecular flexibility index (Phi) is 5.60. The van der Waals surface area contributed by atoms with E-state index in [2.05, 4.69) is 4.98 Å². The van der Waals surface area contributed by atoms with Gasteiger partial charge in [-0.25, -0.2) is 9.37 Å². The highest BCUT2D eigenvalue weighted by atomic mass is 32.1. The molecule has 0 aromatic carbocycles. The maximum Gasteiger partial charge on any atom is 0.181 e. The Balaban J connectivity index is 1.35. The number of ketones is 2. The molecule has 0 amide bonds. The minimum Gasteiger partial charge on any atom is -0.390 e. The van der Waals surface area contributed by atoms with Crippen molar-refractivity contribution in [3.05, 3.63) is 56.5 Å². The Hall–Kier alpha value is -2.07. The van der Waals surface area contributed by atoms with Gasteiger partial charge in [0.2, 0.25) is 0 Å². The van der Waals surface area contributed by atoms with Gasteiger partial charge in [-0.2, -0.15) is 0 Å². The number of allylic oxidation sites excluding steroid dienone is 4. The Bertz CT molecular complexity index is 1340. The second kappa shape index (κ2) is 8.21. The highest BCUT2D eigenvalue weighted by molar-refractivity contribution is 7.12. The maximum absolute atomic E-state index is 17.3. The summed E-state index contributed by atoms with van der Waals surface area (Å²) in [6.45, 7) is 5.75. The van der Waals surface area contributed by atoms with Crippen molar-refractivity contribution in [1.29, 1.82) is 0 Å². The molecule has 6 nitrogen and oxygen atoms in total. The summed E-state index contributed by atoms with van der Waals surface area (Å²) in [5, 5.41) is 26.4. The molecule has 0 spiro atoms. The number of fused-ring (bicyclic) bond motifs is 5. The molecule has 2 aromatic heterocycles. The number of Topliss-reactive ketones (excluding diaryl/α,β-unsaturated/α-hetero) is 1. The number of halogens is 1. The lowest BCUT2D eigenvalue weighted by molar-refractivity contribution is -0.223. The maximum atomic E-state index is 17.3. The summed E-state index contributed by atoms with van der Waals surface area (Å²) in [7, 11) is 0. The second-order valence-electron chi connectivity index (χ2n) is 11.8. The monoisotopic (exact) mass is 542 g/mol. The smallest absolute Gasteiger partial charge is 0.181 e. The van der Waals surface area contributed by atoms with Crippen LogP contribution in [0.25, 0.3) is 0 Å². The fourth-order valence-corrected chi connectivity index (χ4v) is 9.64. The second-order valence-corrected chi connectivity index (χ2v) is 13.6. The summed E-state index contributed by atoms with van der Waals surface area (Å²) in [5.74, 6) is -1.05. The molecule has 3 fully saturated rings. The third-order valence-electron chi connectivity index (χ3n) is 10.2. The van der Waals surface area contributed by atoms with Gasteiger partial charge in [0.05, 0.1) is 28.6 Å². The number of aliphatic hydroxyl groups is 2. The Morgan fingerprint density at radius 2 is 2.05 bits per heavy atom. The molecule has 3 saturated carbocycles. The van der Waals surface area contributed by atoms with Gasteiger partial charge in [-0.1, -0.05) is 25.5 Å². The third-order valence-corrected chi connectivity index (χ3v) is 11.8. The van der Waals surface area contributed by atoms with Crippen LogP contribution < -0.4 is 0 Å². The van der Waals surface area contributed by atoms with Gasteiger partial charge in [0.1, 0.15) is 10.6 Å². The average Bonchev–Trinajstić information content (AvgIpc) is 3.58. The number of aliphatic hydroxyl groups excluding tert-OH is 1. The number of rotatable bonds is 4. The molecule has 0 bridgehead atoms. The highest BCUT2D eigenvalue weighted by Crippen LogP contribution is 2.72. The number of thiazole rings is 2. The van der Waals surface area contributed by atoms with E-state index in [-0.39, 0.29) is 36.2 Å². The first-order valence-electron chi connectivity index (χ1n) is 12.9. The number of aromatic nitrogens is 2. The van der Waals surface area contributed by atoms with E-state index in [1.807, 2.05) is 19.2 Å². The van der Waals surface area contributed by atoms with Crippen LogP contribution in [0.15, 0.2) is 40.9 Å². The molecule has 4 aliphatic rings. The van der Waals surface area contributed by atoms with Crippen molar-refractivity contribution < 1.29 is 24.2 Å². The molecule has 2 N–H and O–H groups in total. The molecule has 0 unspecified atom stereocenters. The zero-order chi connectivity index (χ0) is 26.4. The molecule has 2 aromatic rings. The van der Waals surface area contributed by atoms with Gasteiger partial charge in [-0.3, -0.25) is 14.6 Å². The molecule has 9 heteroatoms. The summed E-state index contributed by atoms with van der Waals surface area (Å²) in [5.41, 5.74) is -2.28. The van der Waals surface area contributed by atoms with Crippen molar-refractivity contribution >= 4 is 34.2 Å². The summed E-state index contributed by atoms with van der Waals surface area (Å²) in [6, 6.07) is 0. The molecule has 196 valence electrons. The highest BCUT2D eigenvalue weighted by Gasteiger charge is 2.74. The van der Waals surface area contributed by atoms with E-state index in [1.165, 1.54) is 34.8 Å². The van der Waals surface area contributed by atoms with Crippen LogP contribution in [-0.4, -0.2) is 43.5 Å². The fourth-order valence-electron chi connectivity index (χ4n) is 8.24. The lowest BCUT2D eigenvalue weighted by Gasteiger charge is -2.62. The van der Waals surface area contributed by atoms with E-state index in [0.717, 1.165) is 5.57 Å². The van der Waals surface area contributed by atoms with Crippen molar-refractivity contribution in [2.45, 2.75) is 70.2 Å². The Morgan fingerprint density at radius 3 is 2.78 bits per heavy atom. The van der Waals surface area contributed by atoms with Gasteiger partial charge in [-0.15, -0.1) is 22.7 Å². The number of hydrogen-bond acceptors (Lipinski definition) is 8. The van der Waals surface area contributed by atoms with Crippen molar-refractivity contribution in [1.82, 2.24) is 9.97 Å². The fraction of sp³-hybridized carbons (Fsp3) is 0.571. The number of hydrogen-bond donors (Lipinski definition) is 2. The van der Waals surface area contributed by atoms with Gasteiger partial charge >= 0.3 is 0 Å². The number of alkyl halides is 1. The van der Waals surface area contributed by atoms with Crippen molar-refractivity contribution in [3.8, 4) is 0 Å². The molecule has 37 heavy (non-hydrogen) atoms. The van der Waals surface area contributed by atoms with Gasteiger partial charge in [0.15, 0.2) is 17.2 Å². The van der Waals surface area contributed by atoms with Crippen molar-refractivity contribution in [2.75, 3.05) is 0 Å². The zero-order valence-corrected chi connectivity index (χ0v) is 22.7. The summed E-state index contributed by atoms with van der Waals surface area (Å²) in [4.78, 5) is 33.9. The molecular formula is C28H31FN2O4S2. The van der Waals surface area contributed by atoms with Gasteiger partial charge < -0.3 is 10.2 Å². The van der Waals surface area contributed by atoms with Gasteiger partial charge in [-0.05, 0) is 56.6 Å². The standard InChI is InChI=1S/C28H31FN2O4S2/c1-15-8-19-18-5-4-16-9-17(32)6-7-25(16,2)27(18,29)23(34)11-26(19,3)28(15,35)22-13-36-24(31-22)10-20(33)21-12-30-14-37-21/h6-7,9,12-15,18-19,23,34-35H,4-5,8,10-11H2,1-3H3/t15-,18+,19+,23+,25+,26+,27+,28+/m1/s1. The van der Waals surface area contributed by atoms with Crippen molar-refractivity contribution in [3.63, 3.8) is 0 Å². The Morgan fingerprint density at radius 1 is 1.27 bits per heavy atom. The van der Waals surface area contributed by atoms with Gasteiger partial charge in [0.25, 0.3) is 0 Å². The molecule has 0 saturated heterocycles.